The van der Waals surface area contributed by atoms with Crippen molar-refractivity contribution in [2.75, 3.05) is 18.1 Å². The molecule has 1 spiro atoms. The molecule has 0 bridgehead atoms. The van der Waals surface area contributed by atoms with Crippen LogP contribution in [0.25, 0.3) is 11.0 Å². The minimum absolute atomic E-state index is 0.0301. The molecule has 0 unspecified atom stereocenters. The molecule has 9 nitrogen and oxygen atoms in total. The van der Waals surface area contributed by atoms with Gasteiger partial charge in [0.15, 0.2) is 0 Å². The van der Waals surface area contributed by atoms with Gasteiger partial charge in [0.05, 0.1) is 30.2 Å². The topological polar surface area (TPSA) is 145 Å². The monoisotopic (exact) mass is 410 g/mol. The predicted octanol–water partition coefficient (Wildman–Crippen LogP) is 1.07. The van der Waals surface area contributed by atoms with E-state index in [0.29, 0.717) is 36.7 Å². The van der Waals surface area contributed by atoms with Crippen LogP contribution in [-0.2, 0) is 11.2 Å². The molecule has 0 radical (unpaired) electrons. The number of nitrogen functional groups attached to an aromatic ring is 2. The maximum atomic E-state index is 11.0. The first-order valence-corrected chi connectivity index (χ1v) is 10.2. The van der Waals surface area contributed by atoms with Crippen LogP contribution in [0.3, 0.4) is 0 Å². The number of fused-ring (bicyclic) bond motifs is 1. The summed E-state index contributed by atoms with van der Waals surface area (Å²) in [5.74, 6) is 0.913. The maximum absolute atomic E-state index is 11.0. The van der Waals surface area contributed by atoms with Gasteiger partial charge in [-0.25, -0.2) is 15.0 Å². The molecule has 30 heavy (non-hydrogen) atoms. The number of hydrogen-bond acceptors (Lipinski definition) is 8. The molecule has 4 heterocycles. The lowest BCUT2D eigenvalue weighted by molar-refractivity contribution is -0.0309. The molecule has 0 aromatic carbocycles. The van der Waals surface area contributed by atoms with Gasteiger partial charge in [0.2, 0.25) is 0 Å². The zero-order valence-corrected chi connectivity index (χ0v) is 16.6. The van der Waals surface area contributed by atoms with Crippen LogP contribution >= 0.6 is 0 Å². The lowest BCUT2D eigenvalue weighted by Crippen LogP contribution is -2.37. The Morgan fingerprint density at radius 2 is 2.00 bits per heavy atom. The molecule has 6 N–H and O–H groups in total. The summed E-state index contributed by atoms with van der Waals surface area (Å²) in [5.41, 5.74) is 12.9. The van der Waals surface area contributed by atoms with Crippen molar-refractivity contribution >= 4 is 22.7 Å². The lowest BCUT2D eigenvalue weighted by Gasteiger charge is -2.26. The van der Waals surface area contributed by atoms with E-state index in [9.17, 15) is 10.2 Å². The van der Waals surface area contributed by atoms with E-state index in [0.717, 1.165) is 23.8 Å². The van der Waals surface area contributed by atoms with E-state index >= 15 is 0 Å². The Balaban J connectivity index is 1.32. The molecule has 1 saturated carbocycles. The predicted molar refractivity (Wildman–Crippen MR) is 111 cm³/mol. The van der Waals surface area contributed by atoms with E-state index in [4.69, 9.17) is 16.2 Å². The minimum Gasteiger partial charge on any atom is -0.390 e. The van der Waals surface area contributed by atoms with E-state index in [2.05, 4.69) is 15.0 Å². The van der Waals surface area contributed by atoms with Crippen molar-refractivity contribution < 1.29 is 14.9 Å². The van der Waals surface area contributed by atoms with Gasteiger partial charge in [0.1, 0.15) is 29.7 Å². The average molecular weight is 410 g/mol. The van der Waals surface area contributed by atoms with Gasteiger partial charge < -0.3 is 31.0 Å². The Morgan fingerprint density at radius 1 is 1.13 bits per heavy atom. The highest BCUT2D eigenvalue weighted by atomic mass is 16.5. The molecular formula is C21H26N6O3. The molecule has 2 aliphatic rings. The quantitative estimate of drug-likeness (QED) is 0.500. The van der Waals surface area contributed by atoms with Crippen LogP contribution in [0.1, 0.15) is 30.9 Å². The number of rotatable bonds is 4. The smallest absolute Gasteiger partial charge is 0.145 e. The number of aliphatic hydroxyl groups is 2. The first-order chi connectivity index (χ1) is 14.5. The summed E-state index contributed by atoms with van der Waals surface area (Å²) in [6.07, 6.45) is 6.31. The Hall–Kier alpha value is -2.75. The number of anilines is 2. The number of hydrogen-bond donors (Lipinski definition) is 4. The molecule has 1 aliphatic heterocycles. The van der Waals surface area contributed by atoms with E-state index in [1.165, 1.54) is 6.33 Å². The fraction of sp³-hybridized carbons (Fsp3) is 0.476. The summed E-state index contributed by atoms with van der Waals surface area (Å²) in [5, 5.41) is 22.6. The summed E-state index contributed by atoms with van der Waals surface area (Å²) in [4.78, 5) is 12.5. The van der Waals surface area contributed by atoms with Crippen molar-refractivity contribution in [1.82, 2.24) is 19.5 Å². The van der Waals surface area contributed by atoms with E-state index in [1.807, 2.05) is 22.9 Å². The number of ether oxygens (including phenoxy) is 1. The number of aromatic nitrogens is 4. The molecule has 3 aromatic heterocycles. The Kier molecular flexibility index (Phi) is 4.61. The van der Waals surface area contributed by atoms with Crippen LogP contribution in [0.4, 0.5) is 11.6 Å². The van der Waals surface area contributed by atoms with Crippen LogP contribution in [-0.4, -0.2) is 54.7 Å². The number of pyridine rings is 1. The Bertz CT molecular complexity index is 1050. The third kappa shape index (κ3) is 3.10. The molecule has 1 saturated heterocycles. The first kappa shape index (κ1) is 19.2. The van der Waals surface area contributed by atoms with Crippen LogP contribution in [0, 0.1) is 5.41 Å². The summed E-state index contributed by atoms with van der Waals surface area (Å²) < 4.78 is 7.96. The van der Waals surface area contributed by atoms with Gasteiger partial charge in [-0.1, -0.05) is 6.07 Å². The standard InChI is InChI=1S/C21H26N6O3/c22-16-4-2-12(9-24-16)1-3-13-7-21(10-30-13)8-15(17(28)18(21)29)27-6-5-14-19(23)25-11-26-20(14)27/h2,4-6,9,11,13,15,17-18,28-29H,1,3,7-8,10H2,(H2,22,24)(H2,23,25,26)/t13-,15+,17-,18-,21-/m0/s1. The number of nitrogens with zero attached hydrogens (tertiary/aromatic N) is 4. The van der Waals surface area contributed by atoms with Crippen LogP contribution in [0.15, 0.2) is 36.9 Å². The van der Waals surface area contributed by atoms with Gasteiger partial charge >= 0.3 is 0 Å². The third-order valence-corrected chi connectivity index (χ3v) is 6.70. The minimum atomic E-state index is -0.902. The van der Waals surface area contributed by atoms with Crippen molar-refractivity contribution in [3.05, 3.63) is 42.5 Å². The number of aliphatic hydroxyl groups excluding tert-OH is 2. The summed E-state index contributed by atoms with van der Waals surface area (Å²) in [6, 6.07) is 5.33. The second-order valence-electron chi connectivity index (χ2n) is 8.56. The average Bonchev–Trinajstić information content (AvgIpc) is 3.42. The zero-order chi connectivity index (χ0) is 20.9. The van der Waals surface area contributed by atoms with E-state index in [-0.39, 0.29) is 12.1 Å². The fourth-order valence-electron chi connectivity index (χ4n) is 5.05. The van der Waals surface area contributed by atoms with Gasteiger partial charge in [-0.15, -0.1) is 0 Å². The SMILES string of the molecule is Nc1ccc(CC[C@H]2C[C@@]3(CO2)C[C@@H](n2ccc4c(N)ncnc42)[C@H](O)[C@@H]3O)cn1. The molecular weight excluding hydrogens is 384 g/mol. The van der Waals surface area contributed by atoms with Gasteiger partial charge in [0.25, 0.3) is 0 Å². The second kappa shape index (κ2) is 7.19. The molecule has 9 heteroatoms. The largest absolute Gasteiger partial charge is 0.390 e. The molecule has 3 aromatic rings. The van der Waals surface area contributed by atoms with Crippen molar-refractivity contribution in [1.29, 1.82) is 0 Å². The normalized spacial score (nSPS) is 31.1. The zero-order valence-electron chi connectivity index (χ0n) is 16.6. The van der Waals surface area contributed by atoms with E-state index in [1.54, 1.807) is 12.3 Å². The molecule has 5 atom stereocenters. The molecule has 1 aliphatic carbocycles. The highest BCUT2D eigenvalue weighted by Gasteiger charge is 2.57. The number of nitrogens with two attached hydrogens (primary N) is 2. The van der Waals surface area contributed by atoms with Crippen molar-refractivity contribution in [3.63, 3.8) is 0 Å². The molecule has 0 amide bonds. The summed E-state index contributed by atoms with van der Waals surface area (Å²) >= 11 is 0. The van der Waals surface area contributed by atoms with Gasteiger partial charge in [-0.05, 0) is 43.4 Å². The highest BCUT2D eigenvalue weighted by Crippen LogP contribution is 2.52. The second-order valence-corrected chi connectivity index (χ2v) is 8.56. The molecule has 2 fully saturated rings. The molecule has 158 valence electrons. The van der Waals surface area contributed by atoms with Gasteiger partial charge in [0, 0.05) is 17.8 Å². The van der Waals surface area contributed by atoms with Gasteiger partial charge in [-0.3, -0.25) is 0 Å². The summed E-state index contributed by atoms with van der Waals surface area (Å²) in [7, 11) is 0. The van der Waals surface area contributed by atoms with Gasteiger partial charge in [-0.2, -0.15) is 0 Å². The third-order valence-electron chi connectivity index (χ3n) is 6.70. The van der Waals surface area contributed by atoms with E-state index < -0.39 is 17.6 Å². The fourth-order valence-corrected chi connectivity index (χ4v) is 5.05. The maximum Gasteiger partial charge on any atom is 0.145 e. The number of aryl methyl sites for hydroxylation is 1. The Morgan fingerprint density at radius 3 is 2.80 bits per heavy atom. The van der Waals surface area contributed by atoms with Crippen LogP contribution < -0.4 is 11.5 Å². The van der Waals surface area contributed by atoms with Crippen molar-refractivity contribution in [3.8, 4) is 0 Å². The van der Waals surface area contributed by atoms with Crippen LogP contribution in [0.5, 0.6) is 0 Å². The lowest BCUT2D eigenvalue weighted by atomic mass is 9.80. The highest BCUT2D eigenvalue weighted by molar-refractivity contribution is 5.86. The van der Waals surface area contributed by atoms with Crippen LogP contribution in [0.2, 0.25) is 0 Å². The first-order valence-electron chi connectivity index (χ1n) is 10.2. The Labute approximate surface area is 173 Å². The molecule has 5 rings (SSSR count). The summed E-state index contributed by atoms with van der Waals surface area (Å²) in [6.45, 7) is 0.433. The van der Waals surface area contributed by atoms with Crippen molar-refractivity contribution in [2.24, 2.45) is 5.41 Å². The van der Waals surface area contributed by atoms with Crippen molar-refractivity contribution in [2.45, 2.75) is 50.0 Å².